The number of hydrogen-bond donors (Lipinski definition) is 2. The summed E-state index contributed by atoms with van der Waals surface area (Å²) in [6, 6.07) is 4.58. The molecule has 1 aromatic rings. The Hall–Kier alpha value is -1.47. The number of carbonyl (C=O) groups is 1. The Morgan fingerprint density at radius 1 is 1.33 bits per heavy atom. The number of carbonyl (C=O) groups excluding carboxylic acids is 1. The summed E-state index contributed by atoms with van der Waals surface area (Å²) in [7, 11) is 0. The Morgan fingerprint density at radius 3 is 2.48 bits per heavy atom. The molecule has 0 bridgehead atoms. The lowest BCUT2D eigenvalue weighted by atomic mass is 9.95. The predicted octanol–water partition coefficient (Wildman–Crippen LogP) is 3.04. The van der Waals surface area contributed by atoms with Gasteiger partial charge in [-0.3, -0.25) is 10.6 Å². The molecule has 4 nitrogen and oxygen atoms in total. The predicted molar refractivity (Wildman–Crippen MR) is 73.9 cm³/mol. The summed E-state index contributed by atoms with van der Waals surface area (Å²) in [5, 5.41) is 0.363. The van der Waals surface area contributed by atoms with E-state index in [1.54, 1.807) is 12.1 Å². The van der Waals surface area contributed by atoms with Gasteiger partial charge in [-0.15, -0.1) is 0 Å². The van der Waals surface area contributed by atoms with E-state index in [0.29, 0.717) is 10.7 Å². The van der Waals surface area contributed by atoms with Gasteiger partial charge >= 0.3 is 6.18 Å². The van der Waals surface area contributed by atoms with Crippen LogP contribution in [0, 0.1) is 5.92 Å². The molecule has 0 unspecified atom stereocenters. The molecule has 1 aromatic carbocycles. The first kappa shape index (κ1) is 15.9. The molecule has 0 radical (unpaired) electrons. The van der Waals surface area contributed by atoms with Crippen molar-refractivity contribution < 1.29 is 18.0 Å². The van der Waals surface area contributed by atoms with Crippen LogP contribution in [0.5, 0.6) is 0 Å². The standard InChI is InChI=1S/C13H15ClF3N3O/c14-9-1-2-11(19-18)10(7-9)12(21)20-5-3-8(4-6-20)13(15,16)17/h1-2,7-8,19H,3-6,18H2. The quantitative estimate of drug-likeness (QED) is 0.650. The normalized spacial score (nSPS) is 16.9. The van der Waals surface area contributed by atoms with E-state index in [4.69, 9.17) is 17.4 Å². The summed E-state index contributed by atoms with van der Waals surface area (Å²) < 4.78 is 37.8. The van der Waals surface area contributed by atoms with E-state index in [0.717, 1.165) is 0 Å². The highest BCUT2D eigenvalue weighted by molar-refractivity contribution is 6.31. The van der Waals surface area contributed by atoms with Gasteiger partial charge < -0.3 is 10.3 Å². The molecule has 2 rings (SSSR count). The second kappa shape index (κ2) is 6.11. The molecule has 1 aliphatic heterocycles. The number of halogens is 4. The highest BCUT2D eigenvalue weighted by Gasteiger charge is 2.41. The number of nitrogens with two attached hydrogens (primary N) is 1. The van der Waals surface area contributed by atoms with Crippen LogP contribution >= 0.6 is 11.6 Å². The molecule has 0 atom stereocenters. The van der Waals surface area contributed by atoms with E-state index in [9.17, 15) is 18.0 Å². The van der Waals surface area contributed by atoms with E-state index in [2.05, 4.69) is 5.43 Å². The molecule has 0 aromatic heterocycles. The maximum Gasteiger partial charge on any atom is 0.391 e. The molecule has 8 heteroatoms. The van der Waals surface area contributed by atoms with Gasteiger partial charge in [-0.05, 0) is 31.0 Å². The van der Waals surface area contributed by atoms with Crippen molar-refractivity contribution in [3.05, 3.63) is 28.8 Å². The van der Waals surface area contributed by atoms with Crippen molar-refractivity contribution in [3.63, 3.8) is 0 Å². The molecule has 21 heavy (non-hydrogen) atoms. The van der Waals surface area contributed by atoms with Crippen molar-refractivity contribution in [2.75, 3.05) is 18.5 Å². The third-order valence-corrected chi connectivity index (χ3v) is 3.85. The molecule has 1 saturated heterocycles. The zero-order valence-electron chi connectivity index (χ0n) is 11.1. The van der Waals surface area contributed by atoms with Crippen molar-refractivity contribution in [2.24, 2.45) is 11.8 Å². The highest BCUT2D eigenvalue weighted by atomic mass is 35.5. The molecular weight excluding hydrogens is 307 g/mol. The maximum atomic E-state index is 12.6. The van der Waals surface area contributed by atoms with E-state index in [-0.39, 0.29) is 37.4 Å². The van der Waals surface area contributed by atoms with Crippen LogP contribution in [0.1, 0.15) is 23.2 Å². The molecule has 116 valence electrons. The fourth-order valence-corrected chi connectivity index (χ4v) is 2.57. The number of likely N-dealkylation sites (tertiary alicyclic amines) is 1. The van der Waals surface area contributed by atoms with Crippen molar-refractivity contribution in [3.8, 4) is 0 Å². The molecule has 1 fully saturated rings. The molecule has 1 heterocycles. The second-order valence-electron chi connectivity index (χ2n) is 4.94. The maximum absolute atomic E-state index is 12.6. The van der Waals surface area contributed by atoms with Crippen molar-refractivity contribution in [1.82, 2.24) is 4.90 Å². The SMILES string of the molecule is NNc1ccc(Cl)cc1C(=O)N1CCC(C(F)(F)F)CC1. The van der Waals surface area contributed by atoms with E-state index >= 15 is 0 Å². The Balaban J connectivity index is 2.11. The molecule has 3 N–H and O–H groups in total. The summed E-state index contributed by atoms with van der Waals surface area (Å²) in [5.41, 5.74) is 3.04. The molecule has 1 aliphatic rings. The van der Waals surface area contributed by atoms with Crippen molar-refractivity contribution in [1.29, 1.82) is 0 Å². The minimum Gasteiger partial charge on any atom is -0.339 e. The summed E-state index contributed by atoms with van der Waals surface area (Å²) in [4.78, 5) is 13.8. The van der Waals surface area contributed by atoms with Crippen LogP contribution in [-0.4, -0.2) is 30.1 Å². The molecule has 0 aliphatic carbocycles. The molecule has 0 saturated carbocycles. The van der Waals surface area contributed by atoms with E-state index in [1.807, 2.05) is 0 Å². The largest absolute Gasteiger partial charge is 0.391 e. The number of hydrogen-bond acceptors (Lipinski definition) is 3. The Kier molecular flexibility index (Phi) is 4.63. The lowest BCUT2D eigenvalue weighted by Crippen LogP contribution is -2.42. The van der Waals surface area contributed by atoms with Crippen LogP contribution in [-0.2, 0) is 0 Å². The number of amides is 1. The third kappa shape index (κ3) is 3.59. The first-order valence-electron chi connectivity index (χ1n) is 6.45. The minimum absolute atomic E-state index is 0.0690. The number of piperidine rings is 1. The molecular formula is C13H15ClF3N3O. The number of nitrogens with zero attached hydrogens (tertiary/aromatic N) is 1. The third-order valence-electron chi connectivity index (χ3n) is 3.61. The number of anilines is 1. The second-order valence-corrected chi connectivity index (χ2v) is 5.38. The lowest BCUT2D eigenvalue weighted by molar-refractivity contribution is -0.183. The van der Waals surface area contributed by atoms with Crippen LogP contribution in [0.2, 0.25) is 5.02 Å². The van der Waals surface area contributed by atoms with Crippen LogP contribution < -0.4 is 11.3 Å². The summed E-state index contributed by atoms with van der Waals surface area (Å²) in [5.74, 6) is 3.63. The number of nitrogens with one attached hydrogen (secondary N) is 1. The highest BCUT2D eigenvalue weighted by Crippen LogP contribution is 2.34. The van der Waals surface area contributed by atoms with Gasteiger partial charge in [0.05, 0.1) is 17.2 Å². The van der Waals surface area contributed by atoms with Gasteiger partial charge in [0.1, 0.15) is 0 Å². The zero-order valence-corrected chi connectivity index (χ0v) is 11.8. The van der Waals surface area contributed by atoms with Gasteiger partial charge in [-0.25, -0.2) is 0 Å². The van der Waals surface area contributed by atoms with Gasteiger partial charge in [0.2, 0.25) is 0 Å². The monoisotopic (exact) mass is 321 g/mol. The summed E-state index contributed by atoms with van der Waals surface area (Å²) in [6.45, 7) is 0.138. The Bertz CT molecular complexity index is 528. The van der Waals surface area contributed by atoms with Gasteiger partial charge in [-0.2, -0.15) is 13.2 Å². The van der Waals surface area contributed by atoms with E-state index in [1.165, 1.54) is 11.0 Å². The van der Waals surface area contributed by atoms with Crippen LogP contribution in [0.15, 0.2) is 18.2 Å². The average Bonchev–Trinajstić information content (AvgIpc) is 2.45. The van der Waals surface area contributed by atoms with Gasteiger partial charge in [0, 0.05) is 18.1 Å². The number of nitrogen functional groups attached to an aromatic ring is 1. The molecule has 1 amide bonds. The topological polar surface area (TPSA) is 58.4 Å². The lowest BCUT2D eigenvalue weighted by Gasteiger charge is -2.33. The number of hydrazine groups is 1. The minimum atomic E-state index is -4.20. The first-order valence-corrected chi connectivity index (χ1v) is 6.83. The number of benzene rings is 1. The van der Waals surface area contributed by atoms with Gasteiger partial charge in [0.25, 0.3) is 5.91 Å². The smallest absolute Gasteiger partial charge is 0.339 e. The van der Waals surface area contributed by atoms with Crippen LogP contribution in [0.4, 0.5) is 18.9 Å². The molecule has 0 spiro atoms. The summed E-state index contributed by atoms with van der Waals surface area (Å²) >= 11 is 5.85. The van der Waals surface area contributed by atoms with Crippen LogP contribution in [0.25, 0.3) is 0 Å². The Labute approximate surface area is 125 Å². The van der Waals surface area contributed by atoms with E-state index < -0.39 is 12.1 Å². The number of rotatable bonds is 2. The first-order chi connectivity index (χ1) is 9.82. The Morgan fingerprint density at radius 2 is 1.95 bits per heavy atom. The number of alkyl halides is 3. The average molecular weight is 322 g/mol. The van der Waals surface area contributed by atoms with Crippen LogP contribution in [0.3, 0.4) is 0 Å². The zero-order chi connectivity index (χ0) is 15.6. The van der Waals surface area contributed by atoms with Crippen molar-refractivity contribution >= 4 is 23.2 Å². The van der Waals surface area contributed by atoms with Gasteiger partial charge in [-0.1, -0.05) is 11.6 Å². The summed E-state index contributed by atoms with van der Waals surface area (Å²) in [6.07, 6.45) is -4.36. The van der Waals surface area contributed by atoms with Gasteiger partial charge in [0.15, 0.2) is 0 Å². The fraction of sp³-hybridized carbons (Fsp3) is 0.462. The van der Waals surface area contributed by atoms with Crippen molar-refractivity contribution in [2.45, 2.75) is 19.0 Å². The fourth-order valence-electron chi connectivity index (χ4n) is 2.40.